The summed E-state index contributed by atoms with van der Waals surface area (Å²) in [7, 11) is 0. The molecule has 8 nitrogen and oxygen atoms in total. The first-order chi connectivity index (χ1) is 13.1. The fraction of sp³-hybridized carbons (Fsp3) is 0.105. The molecule has 3 heterocycles. The fourth-order valence-corrected chi connectivity index (χ4v) is 2.64. The molecule has 0 aliphatic carbocycles. The van der Waals surface area contributed by atoms with E-state index >= 15 is 0 Å². The summed E-state index contributed by atoms with van der Waals surface area (Å²) in [6.07, 6.45) is 3.05. The molecule has 0 fully saturated rings. The summed E-state index contributed by atoms with van der Waals surface area (Å²) < 4.78 is 6.89. The average Bonchev–Trinajstić information content (AvgIpc) is 3.30. The quantitative estimate of drug-likeness (QED) is 0.600. The van der Waals surface area contributed by atoms with Crippen LogP contribution in [0.25, 0.3) is 17.3 Å². The molecule has 8 heteroatoms. The van der Waals surface area contributed by atoms with Crippen LogP contribution in [0, 0.1) is 13.8 Å². The third-order valence-corrected chi connectivity index (χ3v) is 3.90. The van der Waals surface area contributed by atoms with Crippen LogP contribution in [0.1, 0.15) is 21.9 Å². The van der Waals surface area contributed by atoms with Gasteiger partial charge in [-0.15, -0.1) is 0 Å². The molecule has 0 aliphatic heterocycles. The second-order valence-corrected chi connectivity index (χ2v) is 6.01. The van der Waals surface area contributed by atoms with Gasteiger partial charge in [0.15, 0.2) is 11.5 Å². The first-order valence-corrected chi connectivity index (χ1v) is 8.29. The topological polar surface area (TPSA) is 98.7 Å². The molecule has 1 amide bonds. The van der Waals surface area contributed by atoms with E-state index in [-0.39, 0.29) is 5.69 Å². The Morgan fingerprint density at radius 3 is 2.48 bits per heavy atom. The Morgan fingerprint density at radius 2 is 1.81 bits per heavy atom. The molecule has 134 valence electrons. The molecular formula is C19H16N6O2. The van der Waals surface area contributed by atoms with E-state index in [0.717, 1.165) is 17.0 Å². The van der Waals surface area contributed by atoms with Gasteiger partial charge in [-0.1, -0.05) is 35.5 Å². The van der Waals surface area contributed by atoms with Gasteiger partial charge >= 0.3 is 0 Å². The van der Waals surface area contributed by atoms with Crippen molar-refractivity contribution in [3.8, 4) is 17.3 Å². The predicted octanol–water partition coefficient (Wildman–Crippen LogP) is 3.19. The van der Waals surface area contributed by atoms with Crippen molar-refractivity contribution < 1.29 is 9.32 Å². The number of nitrogens with one attached hydrogen (secondary N) is 1. The maximum absolute atomic E-state index is 12.4. The first kappa shape index (κ1) is 16.6. The van der Waals surface area contributed by atoms with Crippen LogP contribution in [0.4, 0.5) is 5.69 Å². The second-order valence-electron chi connectivity index (χ2n) is 6.01. The van der Waals surface area contributed by atoms with E-state index < -0.39 is 5.91 Å². The number of anilines is 1. The van der Waals surface area contributed by atoms with Gasteiger partial charge in [0.1, 0.15) is 0 Å². The molecule has 0 saturated carbocycles. The smallest absolute Gasteiger partial charge is 0.277 e. The third-order valence-electron chi connectivity index (χ3n) is 3.90. The van der Waals surface area contributed by atoms with Gasteiger partial charge in [-0.3, -0.25) is 4.79 Å². The van der Waals surface area contributed by atoms with Gasteiger partial charge < -0.3 is 9.84 Å². The van der Waals surface area contributed by atoms with Crippen molar-refractivity contribution in [3.05, 3.63) is 71.9 Å². The summed E-state index contributed by atoms with van der Waals surface area (Å²) in [6, 6.07) is 13.0. The van der Waals surface area contributed by atoms with Crippen LogP contribution >= 0.6 is 0 Å². The zero-order valence-corrected chi connectivity index (χ0v) is 14.7. The van der Waals surface area contributed by atoms with Crippen LogP contribution < -0.4 is 5.32 Å². The number of carbonyl (C=O) groups is 1. The van der Waals surface area contributed by atoms with E-state index in [9.17, 15) is 4.79 Å². The van der Waals surface area contributed by atoms with Crippen molar-refractivity contribution in [1.82, 2.24) is 24.9 Å². The number of aromatic nitrogens is 5. The standard InChI is InChI=1S/C19H16N6O2/c1-12-8-13(2)25(23-12)19-20-10-15(11-21-19)22-18(26)16-9-17(27-24-16)14-6-4-3-5-7-14/h3-11H,1-2H3,(H,22,26). The van der Waals surface area contributed by atoms with Crippen LogP contribution in [0.15, 0.2) is 59.4 Å². The zero-order chi connectivity index (χ0) is 18.8. The highest BCUT2D eigenvalue weighted by molar-refractivity contribution is 6.03. The predicted molar refractivity (Wildman–Crippen MR) is 98.5 cm³/mol. The second kappa shape index (κ2) is 6.83. The lowest BCUT2D eigenvalue weighted by Gasteiger charge is -2.04. The maximum Gasteiger partial charge on any atom is 0.277 e. The molecule has 0 atom stereocenters. The molecule has 0 aliphatic rings. The summed E-state index contributed by atoms with van der Waals surface area (Å²) >= 11 is 0. The summed E-state index contributed by atoms with van der Waals surface area (Å²) in [5.74, 6) is 0.562. The Morgan fingerprint density at radius 1 is 1.07 bits per heavy atom. The Bertz CT molecular complexity index is 1080. The van der Waals surface area contributed by atoms with Crippen LogP contribution in [0.2, 0.25) is 0 Å². The van der Waals surface area contributed by atoms with Gasteiger partial charge in [-0.05, 0) is 19.9 Å². The largest absolute Gasteiger partial charge is 0.355 e. The van der Waals surface area contributed by atoms with Crippen LogP contribution in [-0.4, -0.2) is 30.8 Å². The molecule has 1 aromatic carbocycles. The van der Waals surface area contributed by atoms with Gasteiger partial charge in [-0.2, -0.15) is 5.10 Å². The van der Waals surface area contributed by atoms with Gasteiger partial charge in [0.05, 0.1) is 23.8 Å². The average molecular weight is 360 g/mol. The van der Waals surface area contributed by atoms with E-state index in [2.05, 4.69) is 25.5 Å². The number of benzene rings is 1. The van der Waals surface area contributed by atoms with E-state index in [1.807, 2.05) is 50.2 Å². The highest BCUT2D eigenvalue weighted by atomic mass is 16.5. The van der Waals surface area contributed by atoms with Crippen molar-refractivity contribution in [2.45, 2.75) is 13.8 Å². The van der Waals surface area contributed by atoms with Crippen molar-refractivity contribution in [2.24, 2.45) is 0 Å². The molecule has 4 aromatic rings. The third kappa shape index (κ3) is 3.45. The minimum Gasteiger partial charge on any atom is -0.355 e. The van der Waals surface area contributed by atoms with Crippen molar-refractivity contribution in [2.75, 3.05) is 5.32 Å². The first-order valence-electron chi connectivity index (χ1n) is 8.29. The SMILES string of the molecule is Cc1cc(C)n(-c2ncc(NC(=O)c3cc(-c4ccccc4)on3)cn2)n1. The zero-order valence-electron chi connectivity index (χ0n) is 14.7. The van der Waals surface area contributed by atoms with Crippen LogP contribution in [0.5, 0.6) is 0 Å². The number of hydrogen-bond donors (Lipinski definition) is 1. The minimum absolute atomic E-state index is 0.177. The summed E-state index contributed by atoms with van der Waals surface area (Å²) in [5.41, 5.74) is 3.29. The minimum atomic E-state index is -0.400. The Kier molecular flexibility index (Phi) is 4.21. The summed E-state index contributed by atoms with van der Waals surface area (Å²) in [4.78, 5) is 20.9. The highest BCUT2D eigenvalue weighted by Crippen LogP contribution is 2.20. The molecule has 0 spiro atoms. The van der Waals surface area contributed by atoms with Gasteiger partial charge in [0.2, 0.25) is 0 Å². The van der Waals surface area contributed by atoms with E-state index in [4.69, 9.17) is 4.52 Å². The van der Waals surface area contributed by atoms with E-state index in [1.165, 1.54) is 12.4 Å². The number of nitrogens with zero attached hydrogens (tertiary/aromatic N) is 5. The normalized spacial score (nSPS) is 10.7. The van der Waals surface area contributed by atoms with Crippen LogP contribution in [-0.2, 0) is 0 Å². The van der Waals surface area contributed by atoms with E-state index in [0.29, 0.717) is 17.4 Å². The van der Waals surface area contributed by atoms with Crippen LogP contribution in [0.3, 0.4) is 0 Å². The Labute approximate surface area is 154 Å². The number of aryl methyl sites for hydroxylation is 2. The van der Waals surface area contributed by atoms with Crippen molar-refractivity contribution in [1.29, 1.82) is 0 Å². The number of hydrogen-bond acceptors (Lipinski definition) is 6. The Hall–Kier alpha value is -3.81. The number of rotatable bonds is 4. The molecule has 3 aromatic heterocycles. The summed E-state index contributed by atoms with van der Waals surface area (Å²) in [5, 5.41) is 10.9. The summed E-state index contributed by atoms with van der Waals surface area (Å²) in [6.45, 7) is 3.83. The van der Waals surface area contributed by atoms with Gasteiger partial charge in [0, 0.05) is 17.3 Å². The number of amides is 1. The molecule has 0 bridgehead atoms. The molecule has 0 saturated heterocycles. The lowest BCUT2D eigenvalue weighted by Crippen LogP contribution is -2.13. The lowest BCUT2D eigenvalue weighted by atomic mass is 10.1. The van der Waals surface area contributed by atoms with E-state index in [1.54, 1.807) is 10.7 Å². The lowest BCUT2D eigenvalue weighted by molar-refractivity contribution is 0.101. The molecule has 4 rings (SSSR count). The molecule has 0 radical (unpaired) electrons. The molecule has 27 heavy (non-hydrogen) atoms. The Balaban J connectivity index is 1.49. The highest BCUT2D eigenvalue weighted by Gasteiger charge is 2.14. The van der Waals surface area contributed by atoms with Gasteiger partial charge in [0.25, 0.3) is 11.9 Å². The molecular weight excluding hydrogens is 344 g/mol. The number of carbonyl (C=O) groups excluding carboxylic acids is 1. The maximum atomic E-state index is 12.4. The fourth-order valence-electron chi connectivity index (χ4n) is 2.64. The van der Waals surface area contributed by atoms with Crippen molar-refractivity contribution in [3.63, 3.8) is 0 Å². The molecule has 0 unspecified atom stereocenters. The van der Waals surface area contributed by atoms with Gasteiger partial charge in [-0.25, -0.2) is 14.6 Å². The molecule has 1 N–H and O–H groups in total. The van der Waals surface area contributed by atoms with Crippen molar-refractivity contribution >= 4 is 11.6 Å². The monoisotopic (exact) mass is 360 g/mol.